The minimum absolute atomic E-state index is 0.343. The highest BCUT2D eigenvalue weighted by Crippen LogP contribution is 2.37. The van der Waals surface area contributed by atoms with E-state index in [2.05, 4.69) is 56.1 Å². The van der Waals surface area contributed by atoms with Crippen LogP contribution in [-0.4, -0.2) is 90.8 Å². The van der Waals surface area contributed by atoms with Gasteiger partial charge in [-0.05, 0) is 56.8 Å². The molecule has 0 aromatic heterocycles. The quantitative estimate of drug-likeness (QED) is 0.0894. The van der Waals surface area contributed by atoms with Gasteiger partial charge in [0.05, 0.1) is 62.0 Å². The van der Waals surface area contributed by atoms with E-state index >= 15 is 0 Å². The third kappa shape index (κ3) is 24.0. The molecule has 0 aliphatic carbocycles. The summed E-state index contributed by atoms with van der Waals surface area (Å²) in [6.07, 6.45) is 20.8. The van der Waals surface area contributed by atoms with Crippen molar-refractivity contribution in [2.24, 2.45) is 5.41 Å². The van der Waals surface area contributed by atoms with Crippen molar-refractivity contribution in [1.29, 1.82) is 0 Å². The van der Waals surface area contributed by atoms with Gasteiger partial charge in [-0.3, -0.25) is 0 Å². The highest BCUT2D eigenvalue weighted by atomic mass is 16.5. The lowest BCUT2D eigenvalue weighted by Gasteiger charge is -2.36. The number of rotatable bonds is 26. The molecular weight excluding hydrogens is 432 g/mol. The molecule has 0 spiro atoms. The Morgan fingerprint density at radius 2 is 0.886 bits per heavy atom. The van der Waals surface area contributed by atoms with Crippen molar-refractivity contribution >= 4 is 0 Å². The van der Waals surface area contributed by atoms with E-state index in [0.717, 1.165) is 35.4 Å². The van der Waals surface area contributed by atoms with E-state index in [1.54, 1.807) is 0 Å². The molecule has 0 atom stereocenters. The van der Waals surface area contributed by atoms with E-state index in [4.69, 9.17) is 9.47 Å². The van der Waals surface area contributed by atoms with Gasteiger partial charge in [-0.25, -0.2) is 0 Å². The molecule has 0 N–H and O–H groups in total. The second-order valence-electron chi connectivity index (χ2n) is 13.3. The predicted octanol–water partition coefficient (Wildman–Crippen LogP) is 7.70. The van der Waals surface area contributed by atoms with E-state index in [1.807, 2.05) is 0 Å². The Bertz CT molecular complexity index is 412. The Hall–Kier alpha value is -0.160. The van der Waals surface area contributed by atoms with Crippen molar-refractivity contribution in [3.05, 3.63) is 0 Å². The van der Waals surface area contributed by atoms with Gasteiger partial charge in [-0.2, -0.15) is 0 Å². The van der Waals surface area contributed by atoms with Crippen molar-refractivity contribution < 1.29 is 18.4 Å². The number of hydrogen-bond donors (Lipinski definition) is 0. The summed E-state index contributed by atoms with van der Waals surface area (Å²) in [7, 11) is 14.0. The van der Waals surface area contributed by atoms with Crippen molar-refractivity contribution in [2.75, 3.05) is 81.8 Å². The third-order valence-electron chi connectivity index (χ3n) is 7.26. The van der Waals surface area contributed by atoms with E-state index in [9.17, 15) is 0 Å². The fourth-order valence-corrected chi connectivity index (χ4v) is 4.95. The second kappa shape index (κ2) is 20.8. The van der Waals surface area contributed by atoms with Crippen molar-refractivity contribution in [2.45, 2.75) is 117 Å². The van der Waals surface area contributed by atoms with E-state index in [1.165, 1.54) is 116 Å². The van der Waals surface area contributed by atoms with E-state index in [-0.39, 0.29) is 0 Å². The standard InChI is InChI=1S/C31H68N2O2/c1-9-11-13-14-15-18-29-35-30-31(23-20-25-32(3,4)5,24-21-26-33(6,7)8)22-17-16-19-28-34-27-12-10-2/h9-30H2,1-8H3/q+2. The lowest BCUT2D eigenvalue weighted by molar-refractivity contribution is -0.871. The Kier molecular flexibility index (Phi) is 20.8. The molecule has 0 fully saturated rings. The van der Waals surface area contributed by atoms with Gasteiger partial charge in [-0.15, -0.1) is 0 Å². The first kappa shape index (κ1) is 34.8. The van der Waals surface area contributed by atoms with Crippen LogP contribution in [0, 0.1) is 5.41 Å². The summed E-state index contributed by atoms with van der Waals surface area (Å²) in [5.41, 5.74) is 0.343. The van der Waals surface area contributed by atoms with Crippen molar-refractivity contribution in [1.82, 2.24) is 0 Å². The molecule has 0 aromatic carbocycles. The number of unbranched alkanes of at least 4 members (excludes halogenated alkanes) is 8. The lowest BCUT2D eigenvalue weighted by atomic mass is 9.75. The molecule has 0 amide bonds. The zero-order chi connectivity index (χ0) is 26.5. The summed E-state index contributed by atoms with van der Waals surface area (Å²) in [6.45, 7) is 10.8. The molecule has 35 heavy (non-hydrogen) atoms. The van der Waals surface area contributed by atoms with Crippen LogP contribution >= 0.6 is 0 Å². The first-order valence-corrected chi connectivity index (χ1v) is 15.3. The highest BCUT2D eigenvalue weighted by molar-refractivity contribution is 4.80. The number of quaternary nitrogens is 2. The van der Waals surface area contributed by atoms with Crippen molar-refractivity contribution in [3.8, 4) is 0 Å². The Balaban J connectivity index is 4.87. The summed E-state index contributed by atoms with van der Waals surface area (Å²) >= 11 is 0. The Morgan fingerprint density at radius 1 is 0.457 bits per heavy atom. The fourth-order valence-electron chi connectivity index (χ4n) is 4.95. The molecule has 212 valence electrons. The first-order valence-electron chi connectivity index (χ1n) is 15.3. The fraction of sp³-hybridized carbons (Fsp3) is 1.00. The maximum atomic E-state index is 6.46. The van der Waals surface area contributed by atoms with Gasteiger partial charge in [-0.1, -0.05) is 65.2 Å². The highest BCUT2D eigenvalue weighted by Gasteiger charge is 2.31. The molecule has 0 heterocycles. The van der Waals surface area contributed by atoms with Gasteiger partial charge < -0.3 is 18.4 Å². The zero-order valence-corrected chi connectivity index (χ0v) is 25.8. The molecule has 0 saturated heterocycles. The minimum Gasteiger partial charge on any atom is -0.381 e. The molecule has 0 radical (unpaired) electrons. The van der Waals surface area contributed by atoms with Gasteiger partial charge in [0.15, 0.2) is 0 Å². The maximum absolute atomic E-state index is 6.46. The predicted molar refractivity (Wildman–Crippen MR) is 155 cm³/mol. The topological polar surface area (TPSA) is 18.5 Å². The van der Waals surface area contributed by atoms with Crippen LogP contribution < -0.4 is 0 Å². The van der Waals surface area contributed by atoms with Gasteiger partial charge in [0.25, 0.3) is 0 Å². The molecule has 4 nitrogen and oxygen atoms in total. The largest absolute Gasteiger partial charge is 0.381 e. The average molecular weight is 501 g/mol. The van der Waals surface area contributed by atoms with Crippen molar-refractivity contribution in [3.63, 3.8) is 0 Å². The summed E-state index contributed by atoms with van der Waals surface area (Å²) in [6, 6.07) is 0. The monoisotopic (exact) mass is 501 g/mol. The molecule has 0 unspecified atom stereocenters. The van der Waals surface area contributed by atoms with Crippen LogP contribution in [0.2, 0.25) is 0 Å². The number of hydrogen-bond acceptors (Lipinski definition) is 2. The van der Waals surface area contributed by atoms with Crippen LogP contribution in [0.1, 0.15) is 117 Å². The van der Waals surface area contributed by atoms with Crippen LogP contribution in [0.15, 0.2) is 0 Å². The van der Waals surface area contributed by atoms with Gasteiger partial charge in [0.1, 0.15) is 0 Å². The lowest BCUT2D eigenvalue weighted by Crippen LogP contribution is -2.38. The summed E-state index contributed by atoms with van der Waals surface area (Å²) < 4.78 is 14.4. The van der Waals surface area contributed by atoms with Crippen LogP contribution in [0.4, 0.5) is 0 Å². The van der Waals surface area contributed by atoms with Gasteiger partial charge in [0.2, 0.25) is 0 Å². The summed E-state index contributed by atoms with van der Waals surface area (Å²) in [5, 5.41) is 0. The smallest absolute Gasteiger partial charge is 0.0780 e. The van der Waals surface area contributed by atoms with E-state index in [0.29, 0.717) is 5.41 Å². The molecule has 0 rings (SSSR count). The Labute approximate surface area is 222 Å². The summed E-state index contributed by atoms with van der Waals surface area (Å²) in [5.74, 6) is 0. The van der Waals surface area contributed by atoms with Gasteiger partial charge >= 0.3 is 0 Å². The average Bonchev–Trinajstić information content (AvgIpc) is 2.75. The molecule has 0 bridgehead atoms. The minimum atomic E-state index is 0.343. The maximum Gasteiger partial charge on any atom is 0.0780 e. The third-order valence-corrected chi connectivity index (χ3v) is 7.26. The SMILES string of the molecule is CCCCCCCCOCC(CCCCCOCCCC)(CCC[N+](C)(C)C)CCC[N+](C)(C)C. The van der Waals surface area contributed by atoms with Crippen LogP contribution in [0.3, 0.4) is 0 Å². The summed E-state index contributed by atoms with van der Waals surface area (Å²) in [4.78, 5) is 0. The molecule has 4 heteroatoms. The van der Waals surface area contributed by atoms with Gasteiger partial charge in [0, 0.05) is 19.8 Å². The van der Waals surface area contributed by atoms with Crippen LogP contribution in [0.5, 0.6) is 0 Å². The number of nitrogens with zero attached hydrogens (tertiary/aromatic N) is 2. The molecular formula is C31H68N2O2+2. The first-order chi connectivity index (χ1) is 16.5. The molecule has 0 saturated carbocycles. The van der Waals surface area contributed by atoms with E-state index < -0.39 is 0 Å². The second-order valence-corrected chi connectivity index (χ2v) is 13.3. The molecule has 0 aromatic rings. The number of ether oxygens (including phenoxy) is 2. The normalized spacial score (nSPS) is 13.0. The van der Waals surface area contributed by atoms with Crippen LogP contribution in [0.25, 0.3) is 0 Å². The zero-order valence-electron chi connectivity index (χ0n) is 25.8. The molecule has 0 aliphatic heterocycles. The Morgan fingerprint density at radius 3 is 1.43 bits per heavy atom. The molecule has 0 aliphatic rings. The van der Waals surface area contributed by atoms with Crippen LogP contribution in [-0.2, 0) is 9.47 Å².